The van der Waals surface area contributed by atoms with Crippen molar-refractivity contribution in [3.05, 3.63) is 36.0 Å². The highest BCUT2D eigenvalue weighted by Crippen LogP contribution is 2.22. The number of aromatic amines is 1. The molecule has 3 rings (SSSR count). The largest absolute Gasteiger partial charge is 0.350 e. The van der Waals surface area contributed by atoms with Gasteiger partial charge in [-0.1, -0.05) is 37.5 Å². The number of nitrogens with one attached hydrogen (secondary N) is 1. The lowest BCUT2D eigenvalue weighted by Crippen LogP contribution is -2.46. The molecule has 0 unspecified atom stereocenters. The quantitative estimate of drug-likeness (QED) is 0.507. The highest BCUT2D eigenvalue weighted by atomic mass is 35.5. The third-order valence-corrected chi connectivity index (χ3v) is 3.96. The fourth-order valence-corrected chi connectivity index (χ4v) is 2.85. The summed E-state index contributed by atoms with van der Waals surface area (Å²) >= 11 is 0. The highest BCUT2D eigenvalue weighted by molar-refractivity contribution is 5.97. The van der Waals surface area contributed by atoms with Gasteiger partial charge in [0.25, 0.3) is 5.91 Å². The molecular weight excluding hydrogens is 274 g/mol. The molecule has 1 heterocycles. The molecule has 0 atom stereocenters. The van der Waals surface area contributed by atoms with Gasteiger partial charge in [-0.2, -0.15) is 0 Å². The minimum absolute atomic E-state index is 0. The van der Waals surface area contributed by atoms with Crippen LogP contribution in [0.15, 0.2) is 30.3 Å². The zero-order valence-corrected chi connectivity index (χ0v) is 12.2. The van der Waals surface area contributed by atoms with Gasteiger partial charge < -0.3 is 4.98 Å². The molecule has 1 amide bonds. The number of H-pyrrole nitrogens is 1. The molecule has 20 heavy (non-hydrogen) atoms. The Labute approximate surface area is 124 Å². The van der Waals surface area contributed by atoms with E-state index in [1.807, 2.05) is 30.3 Å². The maximum atomic E-state index is 12.4. The molecule has 1 aromatic carbocycles. The van der Waals surface area contributed by atoms with Crippen LogP contribution in [0.3, 0.4) is 0 Å². The summed E-state index contributed by atoms with van der Waals surface area (Å²) < 4.78 is 0. The van der Waals surface area contributed by atoms with Gasteiger partial charge in [0.05, 0.1) is 0 Å². The van der Waals surface area contributed by atoms with Crippen molar-refractivity contribution in [3.63, 3.8) is 0 Å². The fraction of sp³-hybridized carbons (Fsp3) is 0.400. The molecule has 1 aliphatic carbocycles. The van der Waals surface area contributed by atoms with Gasteiger partial charge in [-0.25, -0.2) is 5.84 Å². The summed E-state index contributed by atoms with van der Waals surface area (Å²) in [4.78, 5) is 15.5. The number of carbonyl (C=O) groups is 1. The van der Waals surface area contributed by atoms with E-state index in [2.05, 4.69) is 4.98 Å². The van der Waals surface area contributed by atoms with E-state index in [1.54, 1.807) is 0 Å². The Morgan fingerprint density at radius 1 is 1.20 bits per heavy atom. The van der Waals surface area contributed by atoms with E-state index >= 15 is 0 Å². The van der Waals surface area contributed by atoms with Crippen LogP contribution >= 0.6 is 12.4 Å². The first-order chi connectivity index (χ1) is 9.25. The Morgan fingerprint density at radius 3 is 2.60 bits per heavy atom. The number of hydrogen-bond acceptors (Lipinski definition) is 2. The Morgan fingerprint density at radius 2 is 1.90 bits per heavy atom. The number of fused-ring (bicyclic) bond motifs is 1. The second-order valence-electron chi connectivity index (χ2n) is 5.27. The molecule has 0 bridgehead atoms. The van der Waals surface area contributed by atoms with Gasteiger partial charge in [0.15, 0.2) is 0 Å². The zero-order chi connectivity index (χ0) is 13.2. The predicted molar refractivity (Wildman–Crippen MR) is 82.8 cm³/mol. The van der Waals surface area contributed by atoms with Crippen LogP contribution in [0.2, 0.25) is 0 Å². The SMILES string of the molecule is Cl.NN(C(=O)c1cc2ccccc2[nH]1)C1CCCCC1. The standard InChI is InChI=1S/C15H19N3O.ClH/c16-18(12-7-2-1-3-8-12)15(19)14-10-11-6-4-5-9-13(11)17-14;/h4-6,9-10,12,17H,1-3,7-8,16H2;1H. The summed E-state index contributed by atoms with van der Waals surface area (Å²) in [5, 5.41) is 2.46. The van der Waals surface area contributed by atoms with Crippen molar-refractivity contribution in [1.82, 2.24) is 9.99 Å². The van der Waals surface area contributed by atoms with Crippen LogP contribution in [0.5, 0.6) is 0 Å². The molecule has 1 aliphatic rings. The number of amides is 1. The maximum Gasteiger partial charge on any atom is 0.284 e. The molecule has 0 saturated heterocycles. The van der Waals surface area contributed by atoms with Crippen molar-refractivity contribution in [2.45, 2.75) is 38.1 Å². The molecule has 2 aromatic rings. The van der Waals surface area contributed by atoms with Gasteiger partial charge in [-0.3, -0.25) is 9.80 Å². The van der Waals surface area contributed by atoms with Crippen LogP contribution < -0.4 is 5.84 Å². The minimum atomic E-state index is -0.108. The second-order valence-corrected chi connectivity index (χ2v) is 5.27. The summed E-state index contributed by atoms with van der Waals surface area (Å²) in [6, 6.07) is 9.94. The van der Waals surface area contributed by atoms with E-state index in [-0.39, 0.29) is 24.4 Å². The van der Waals surface area contributed by atoms with Gasteiger partial charge in [-0.05, 0) is 25.0 Å². The average Bonchev–Trinajstić information content (AvgIpc) is 2.90. The van der Waals surface area contributed by atoms with Crippen molar-refractivity contribution < 1.29 is 4.79 Å². The topological polar surface area (TPSA) is 62.1 Å². The molecule has 108 valence electrons. The molecular formula is C15H20ClN3O. The van der Waals surface area contributed by atoms with Crippen LogP contribution in [0.4, 0.5) is 0 Å². The Hall–Kier alpha value is -1.52. The maximum absolute atomic E-state index is 12.4. The summed E-state index contributed by atoms with van der Waals surface area (Å²) in [7, 11) is 0. The number of aromatic nitrogens is 1. The lowest BCUT2D eigenvalue weighted by Gasteiger charge is -2.30. The number of rotatable bonds is 2. The number of hydrazine groups is 1. The third kappa shape index (κ3) is 2.81. The van der Waals surface area contributed by atoms with Crippen LogP contribution in [0.1, 0.15) is 42.6 Å². The van der Waals surface area contributed by atoms with E-state index in [9.17, 15) is 4.79 Å². The first-order valence-corrected chi connectivity index (χ1v) is 6.92. The Balaban J connectivity index is 0.00000147. The number of nitrogens with zero attached hydrogens (tertiary/aromatic N) is 1. The molecule has 3 N–H and O–H groups in total. The van der Waals surface area contributed by atoms with Crippen LogP contribution in [0.25, 0.3) is 10.9 Å². The van der Waals surface area contributed by atoms with Gasteiger partial charge in [0.2, 0.25) is 0 Å². The Kier molecular flexibility index (Phi) is 4.68. The minimum Gasteiger partial charge on any atom is -0.350 e. The Bertz CT molecular complexity index is 557. The van der Waals surface area contributed by atoms with E-state index in [4.69, 9.17) is 5.84 Å². The number of hydrogen-bond donors (Lipinski definition) is 2. The normalized spacial score (nSPS) is 15.8. The first kappa shape index (κ1) is 14.9. The van der Waals surface area contributed by atoms with Crippen molar-refractivity contribution >= 4 is 29.2 Å². The van der Waals surface area contributed by atoms with Gasteiger partial charge >= 0.3 is 0 Å². The third-order valence-electron chi connectivity index (χ3n) is 3.96. The second kappa shape index (κ2) is 6.29. The molecule has 0 aliphatic heterocycles. The highest BCUT2D eigenvalue weighted by Gasteiger charge is 2.24. The van der Waals surface area contributed by atoms with Gasteiger partial charge in [-0.15, -0.1) is 12.4 Å². The number of benzene rings is 1. The summed E-state index contributed by atoms with van der Waals surface area (Å²) in [6.45, 7) is 0. The van der Waals surface area contributed by atoms with E-state index in [0.29, 0.717) is 5.69 Å². The molecule has 5 heteroatoms. The lowest BCUT2D eigenvalue weighted by molar-refractivity contribution is 0.0628. The molecule has 1 aromatic heterocycles. The summed E-state index contributed by atoms with van der Waals surface area (Å²) in [6.07, 6.45) is 5.62. The summed E-state index contributed by atoms with van der Waals surface area (Å²) in [5.74, 6) is 5.90. The summed E-state index contributed by atoms with van der Waals surface area (Å²) in [5.41, 5.74) is 1.55. The zero-order valence-electron chi connectivity index (χ0n) is 11.3. The number of nitrogens with two attached hydrogens (primary N) is 1. The molecule has 0 spiro atoms. The fourth-order valence-electron chi connectivity index (χ4n) is 2.85. The van der Waals surface area contributed by atoms with Crippen molar-refractivity contribution in [1.29, 1.82) is 0 Å². The molecule has 4 nitrogen and oxygen atoms in total. The van der Waals surface area contributed by atoms with Crippen molar-refractivity contribution in [3.8, 4) is 0 Å². The van der Waals surface area contributed by atoms with Crippen LogP contribution in [-0.4, -0.2) is 21.9 Å². The lowest BCUT2D eigenvalue weighted by atomic mass is 9.95. The van der Waals surface area contributed by atoms with E-state index in [0.717, 1.165) is 23.7 Å². The van der Waals surface area contributed by atoms with E-state index in [1.165, 1.54) is 24.3 Å². The molecule has 0 radical (unpaired) electrons. The van der Waals surface area contributed by atoms with Gasteiger partial charge in [0.1, 0.15) is 5.69 Å². The average molecular weight is 294 g/mol. The number of para-hydroxylation sites is 1. The number of halogens is 1. The van der Waals surface area contributed by atoms with Crippen molar-refractivity contribution in [2.75, 3.05) is 0 Å². The predicted octanol–water partition coefficient (Wildman–Crippen LogP) is 3.24. The van der Waals surface area contributed by atoms with Crippen molar-refractivity contribution in [2.24, 2.45) is 5.84 Å². The number of carbonyl (C=O) groups excluding carboxylic acids is 1. The van der Waals surface area contributed by atoms with Gasteiger partial charge in [0, 0.05) is 16.9 Å². The smallest absolute Gasteiger partial charge is 0.284 e. The van der Waals surface area contributed by atoms with Crippen LogP contribution in [0, 0.1) is 0 Å². The molecule has 1 saturated carbocycles. The van der Waals surface area contributed by atoms with Crippen LogP contribution in [-0.2, 0) is 0 Å². The first-order valence-electron chi connectivity index (χ1n) is 6.92. The molecule has 1 fully saturated rings. The monoisotopic (exact) mass is 293 g/mol. The van der Waals surface area contributed by atoms with E-state index < -0.39 is 0 Å².